The van der Waals surface area contributed by atoms with E-state index < -0.39 is 22.8 Å². The molecule has 0 saturated carbocycles. The van der Waals surface area contributed by atoms with Gasteiger partial charge in [0.05, 0.1) is 12.3 Å². The zero-order chi connectivity index (χ0) is 16.8. The maximum atomic E-state index is 12.1. The second kappa shape index (κ2) is 5.16. The normalized spacial score (nSPS) is 13.5. The van der Waals surface area contributed by atoms with Crippen LogP contribution in [0.4, 0.5) is 0 Å². The maximum Gasteiger partial charge on any atom is 0.345 e. The number of rotatable bonds is 1. The molecule has 3 aromatic rings. The molecule has 0 aliphatic carbocycles. The van der Waals surface area contributed by atoms with E-state index in [4.69, 9.17) is 9.84 Å². The summed E-state index contributed by atoms with van der Waals surface area (Å²) >= 11 is 0. The molecular weight excluding hydrogens is 312 g/mol. The fourth-order valence-electron chi connectivity index (χ4n) is 3.22. The van der Waals surface area contributed by atoms with Gasteiger partial charge in [0, 0.05) is 22.7 Å². The Labute approximate surface area is 135 Å². The van der Waals surface area contributed by atoms with Gasteiger partial charge >= 0.3 is 5.97 Å². The molecule has 0 bridgehead atoms. The molecule has 2 aromatic heterocycles. The van der Waals surface area contributed by atoms with Crippen LogP contribution in [0, 0.1) is 0 Å². The summed E-state index contributed by atoms with van der Waals surface area (Å²) in [6.07, 6.45) is 3.29. The van der Waals surface area contributed by atoms with E-state index in [1.54, 1.807) is 0 Å². The van der Waals surface area contributed by atoms with Crippen LogP contribution < -0.4 is 10.3 Å². The van der Waals surface area contributed by atoms with Crippen molar-refractivity contribution in [3.05, 3.63) is 45.9 Å². The highest BCUT2D eigenvalue weighted by Gasteiger charge is 2.26. The summed E-state index contributed by atoms with van der Waals surface area (Å²) in [7, 11) is 0. The Morgan fingerprint density at radius 3 is 2.88 bits per heavy atom. The standard InChI is InChI=1S/C17H14N2O5/c20-14-12(17(22)23)16(21)19-13-10-3-4-11-9(5-6-18-11)8(10)2-1-7-24-15(13)14/h3-6,18H,1-2,7H2,(H,22,23)(H2,19,20,21). The maximum absolute atomic E-state index is 12.1. The number of aryl methyl sites for hydroxylation is 1. The summed E-state index contributed by atoms with van der Waals surface area (Å²) in [5.74, 6) is -2.13. The number of benzene rings is 1. The lowest BCUT2D eigenvalue weighted by molar-refractivity contribution is 0.0690. The molecule has 0 unspecified atom stereocenters. The van der Waals surface area contributed by atoms with Gasteiger partial charge in [-0.15, -0.1) is 0 Å². The predicted molar refractivity (Wildman–Crippen MR) is 86.8 cm³/mol. The largest absolute Gasteiger partial charge is 0.503 e. The molecule has 122 valence electrons. The number of aromatic amines is 2. The molecule has 0 saturated heterocycles. The third-order valence-electron chi connectivity index (χ3n) is 4.29. The Kier molecular flexibility index (Phi) is 3.09. The number of fused-ring (bicyclic) bond motifs is 5. The van der Waals surface area contributed by atoms with E-state index in [0.29, 0.717) is 18.7 Å². The van der Waals surface area contributed by atoms with Crippen LogP contribution in [0.25, 0.3) is 22.2 Å². The van der Waals surface area contributed by atoms with Crippen molar-refractivity contribution in [2.24, 2.45) is 0 Å². The van der Waals surface area contributed by atoms with Crippen molar-refractivity contribution in [1.29, 1.82) is 0 Å². The van der Waals surface area contributed by atoms with Gasteiger partial charge in [-0.05, 0) is 30.5 Å². The van der Waals surface area contributed by atoms with Gasteiger partial charge in [0.15, 0.2) is 17.1 Å². The average Bonchev–Trinajstić information content (AvgIpc) is 2.98. The van der Waals surface area contributed by atoms with E-state index >= 15 is 0 Å². The van der Waals surface area contributed by atoms with Gasteiger partial charge in [0.25, 0.3) is 5.56 Å². The highest BCUT2D eigenvalue weighted by Crippen LogP contribution is 2.41. The molecule has 0 atom stereocenters. The fourth-order valence-corrected chi connectivity index (χ4v) is 3.22. The van der Waals surface area contributed by atoms with E-state index in [2.05, 4.69) is 9.97 Å². The van der Waals surface area contributed by atoms with E-state index in [-0.39, 0.29) is 5.75 Å². The lowest BCUT2D eigenvalue weighted by Crippen LogP contribution is -2.20. The first-order valence-electron chi connectivity index (χ1n) is 7.52. The molecule has 4 rings (SSSR count). The topological polar surface area (TPSA) is 115 Å². The summed E-state index contributed by atoms with van der Waals surface area (Å²) in [6.45, 7) is 0.311. The summed E-state index contributed by atoms with van der Waals surface area (Å²) in [5.41, 5.74) is 1.46. The van der Waals surface area contributed by atoms with Crippen molar-refractivity contribution in [3.8, 4) is 22.8 Å². The Morgan fingerprint density at radius 2 is 2.08 bits per heavy atom. The Morgan fingerprint density at radius 1 is 1.25 bits per heavy atom. The Hall–Kier alpha value is -3.22. The highest BCUT2D eigenvalue weighted by molar-refractivity contribution is 5.95. The van der Waals surface area contributed by atoms with Crippen molar-refractivity contribution in [2.45, 2.75) is 12.8 Å². The van der Waals surface area contributed by atoms with Crippen molar-refractivity contribution in [2.75, 3.05) is 6.61 Å². The Bertz CT molecular complexity index is 1030. The lowest BCUT2D eigenvalue weighted by Gasteiger charge is -2.20. The summed E-state index contributed by atoms with van der Waals surface area (Å²) in [4.78, 5) is 29.1. The van der Waals surface area contributed by atoms with Crippen LogP contribution in [0.2, 0.25) is 0 Å². The van der Waals surface area contributed by atoms with Crippen LogP contribution in [0.15, 0.2) is 29.2 Å². The minimum Gasteiger partial charge on any atom is -0.503 e. The first-order chi connectivity index (χ1) is 11.6. The summed E-state index contributed by atoms with van der Waals surface area (Å²) in [5, 5.41) is 20.4. The van der Waals surface area contributed by atoms with Crippen LogP contribution in [-0.2, 0) is 6.42 Å². The zero-order valence-electron chi connectivity index (χ0n) is 12.5. The van der Waals surface area contributed by atoms with Crippen LogP contribution >= 0.6 is 0 Å². The number of ether oxygens (including phenoxy) is 1. The molecular formula is C17H14N2O5. The summed E-state index contributed by atoms with van der Waals surface area (Å²) in [6, 6.07) is 5.66. The fraction of sp³-hybridized carbons (Fsp3) is 0.176. The molecule has 4 N–H and O–H groups in total. The highest BCUT2D eigenvalue weighted by atomic mass is 16.5. The smallest absolute Gasteiger partial charge is 0.345 e. The molecule has 7 nitrogen and oxygen atoms in total. The number of carbonyl (C=O) groups is 1. The van der Waals surface area contributed by atoms with Gasteiger partial charge in [-0.1, -0.05) is 6.07 Å². The number of carboxylic acids is 1. The number of nitrogens with one attached hydrogen (secondary N) is 2. The van der Waals surface area contributed by atoms with E-state index in [0.717, 1.165) is 28.5 Å². The van der Waals surface area contributed by atoms with Crippen molar-refractivity contribution in [3.63, 3.8) is 0 Å². The zero-order valence-corrected chi connectivity index (χ0v) is 12.5. The molecule has 1 aliphatic rings. The van der Waals surface area contributed by atoms with Gasteiger partial charge < -0.3 is 24.9 Å². The SMILES string of the molecule is O=C(O)c1c(O)c2c([nH]c1=O)-c1ccc3[nH]ccc3c1CCCO2. The van der Waals surface area contributed by atoms with Gasteiger partial charge in [0.1, 0.15) is 0 Å². The third-order valence-corrected chi connectivity index (χ3v) is 4.29. The molecule has 24 heavy (non-hydrogen) atoms. The second-order valence-electron chi connectivity index (χ2n) is 5.67. The number of aromatic nitrogens is 2. The van der Waals surface area contributed by atoms with Crippen LogP contribution in [0.5, 0.6) is 11.5 Å². The molecule has 0 radical (unpaired) electrons. The van der Waals surface area contributed by atoms with Crippen LogP contribution in [0.1, 0.15) is 22.3 Å². The molecule has 0 fully saturated rings. The third kappa shape index (κ3) is 1.98. The van der Waals surface area contributed by atoms with E-state index in [9.17, 15) is 14.7 Å². The Balaban J connectivity index is 2.09. The van der Waals surface area contributed by atoms with E-state index in [1.165, 1.54) is 0 Å². The minimum absolute atomic E-state index is 0.00263. The number of carboxylic acid groups (broad SMARTS) is 1. The molecule has 0 amide bonds. The summed E-state index contributed by atoms with van der Waals surface area (Å²) < 4.78 is 5.56. The van der Waals surface area contributed by atoms with E-state index in [1.807, 2.05) is 24.4 Å². The van der Waals surface area contributed by atoms with Gasteiger partial charge in [0.2, 0.25) is 0 Å². The van der Waals surface area contributed by atoms with Gasteiger partial charge in [-0.25, -0.2) is 4.79 Å². The van der Waals surface area contributed by atoms with Crippen LogP contribution in [-0.4, -0.2) is 32.8 Å². The first kappa shape index (κ1) is 14.4. The molecule has 0 spiro atoms. The van der Waals surface area contributed by atoms with Crippen LogP contribution in [0.3, 0.4) is 0 Å². The number of H-pyrrole nitrogens is 2. The van der Waals surface area contributed by atoms with Crippen molar-refractivity contribution < 1.29 is 19.7 Å². The number of hydrogen-bond donors (Lipinski definition) is 4. The number of aromatic carboxylic acids is 1. The predicted octanol–water partition coefficient (Wildman–Crippen LogP) is 2.25. The second-order valence-corrected chi connectivity index (χ2v) is 5.67. The monoisotopic (exact) mass is 326 g/mol. The molecule has 1 aromatic carbocycles. The molecule has 7 heteroatoms. The quantitative estimate of drug-likeness (QED) is 0.547. The minimum atomic E-state index is -1.50. The van der Waals surface area contributed by atoms with Crippen molar-refractivity contribution in [1.82, 2.24) is 9.97 Å². The molecule has 3 heterocycles. The lowest BCUT2D eigenvalue weighted by atomic mass is 9.94. The average molecular weight is 326 g/mol. The number of hydrogen-bond acceptors (Lipinski definition) is 4. The number of aromatic hydroxyl groups is 1. The molecule has 1 aliphatic heterocycles. The first-order valence-corrected chi connectivity index (χ1v) is 7.52. The van der Waals surface area contributed by atoms with Gasteiger partial charge in [-0.2, -0.15) is 0 Å². The van der Waals surface area contributed by atoms with Gasteiger partial charge in [-0.3, -0.25) is 4.79 Å². The number of pyridine rings is 1. The van der Waals surface area contributed by atoms with Crippen molar-refractivity contribution >= 4 is 16.9 Å².